The Bertz CT molecular complexity index is 1080. The first-order chi connectivity index (χ1) is 12.8. The maximum atomic E-state index is 12.7. The Morgan fingerprint density at radius 3 is 2.37 bits per heavy atom. The fourth-order valence-corrected chi connectivity index (χ4v) is 5.06. The second kappa shape index (κ2) is 7.54. The van der Waals surface area contributed by atoms with Crippen molar-refractivity contribution in [2.24, 2.45) is 0 Å². The second-order valence-electron chi connectivity index (χ2n) is 6.08. The summed E-state index contributed by atoms with van der Waals surface area (Å²) in [7, 11) is -3.89. The number of anilines is 1. The van der Waals surface area contributed by atoms with Crippen LogP contribution in [0.5, 0.6) is 0 Å². The van der Waals surface area contributed by atoms with Crippen LogP contribution in [0, 0.1) is 6.92 Å². The zero-order valence-corrected chi connectivity index (χ0v) is 16.5. The number of benzene rings is 2. The number of sulfonamides is 1. The van der Waals surface area contributed by atoms with Crippen LogP contribution in [0.3, 0.4) is 0 Å². The number of carbonyl (C=O) groups is 1. The number of hydrogen-bond donors (Lipinski definition) is 2. The van der Waals surface area contributed by atoms with Gasteiger partial charge in [-0.05, 0) is 42.2 Å². The fourth-order valence-electron chi connectivity index (χ4n) is 2.73. The number of hydrogen-bond acceptors (Lipinski definition) is 4. The first kappa shape index (κ1) is 19.1. The van der Waals surface area contributed by atoms with Gasteiger partial charge >= 0.3 is 5.97 Å². The second-order valence-corrected chi connectivity index (χ2v) is 8.78. The van der Waals surface area contributed by atoms with E-state index in [4.69, 9.17) is 0 Å². The standard InChI is InChI=1S/C20H19NO4S2/c1-3-14-8-10-15(11-9-14)17-12-16(19(26-17)20(22)23)21-27(24,25)18-7-5-4-6-13(18)2/h4-12,21H,3H2,1-2H3,(H,22,23). The number of thiophene rings is 1. The quantitative estimate of drug-likeness (QED) is 0.622. The summed E-state index contributed by atoms with van der Waals surface area (Å²) in [4.78, 5) is 12.4. The van der Waals surface area contributed by atoms with Crippen molar-refractivity contribution in [3.63, 3.8) is 0 Å². The van der Waals surface area contributed by atoms with Gasteiger partial charge in [-0.2, -0.15) is 0 Å². The summed E-state index contributed by atoms with van der Waals surface area (Å²) in [5.74, 6) is -1.17. The van der Waals surface area contributed by atoms with E-state index in [0.717, 1.165) is 23.3 Å². The van der Waals surface area contributed by atoms with Crippen LogP contribution in [0.15, 0.2) is 59.5 Å². The highest BCUT2D eigenvalue weighted by Crippen LogP contribution is 2.36. The molecular weight excluding hydrogens is 382 g/mol. The third-order valence-corrected chi connectivity index (χ3v) is 6.90. The summed E-state index contributed by atoms with van der Waals surface area (Å²) in [5, 5.41) is 9.51. The predicted molar refractivity (Wildman–Crippen MR) is 108 cm³/mol. The Morgan fingerprint density at radius 1 is 1.11 bits per heavy atom. The van der Waals surface area contributed by atoms with E-state index in [1.807, 2.05) is 24.3 Å². The van der Waals surface area contributed by atoms with Crippen molar-refractivity contribution in [3.05, 3.63) is 70.6 Å². The van der Waals surface area contributed by atoms with Crippen LogP contribution >= 0.6 is 11.3 Å². The smallest absolute Gasteiger partial charge is 0.348 e. The van der Waals surface area contributed by atoms with Crippen molar-refractivity contribution >= 4 is 33.0 Å². The lowest BCUT2D eigenvalue weighted by atomic mass is 10.1. The number of nitrogens with one attached hydrogen (secondary N) is 1. The minimum absolute atomic E-state index is 0.0401. The van der Waals surface area contributed by atoms with Crippen LogP contribution in [0.1, 0.15) is 27.7 Å². The lowest BCUT2D eigenvalue weighted by Crippen LogP contribution is -2.15. The third-order valence-electron chi connectivity index (χ3n) is 4.20. The van der Waals surface area contributed by atoms with Crippen molar-refractivity contribution in [1.82, 2.24) is 0 Å². The van der Waals surface area contributed by atoms with Crippen LogP contribution in [-0.4, -0.2) is 19.5 Å². The summed E-state index contributed by atoms with van der Waals surface area (Å²) in [6.07, 6.45) is 0.909. The van der Waals surface area contributed by atoms with Gasteiger partial charge in [0, 0.05) is 4.88 Å². The van der Waals surface area contributed by atoms with Gasteiger partial charge in [-0.1, -0.05) is 49.4 Å². The Morgan fingerprint density at radius 2 is 1.78 bits per heavy atom. The molecule has 0 spiro atoms. The molecular formula is C20H19NO4S2. The zero-order chi connectivity index (χ0) is 19.6. The van der Waals surface area contributed by atoms with Crippen LogP contribution in [-0.2, 0) is 16.4 Å². The largest absolute Gasteiger partial charge is 0.477 e. The molecule has 0 atom stereocenters. The lowest BCUT2D eigenvalue weighted by molar-refractivity contribution is 0.0703. The summed E-state index contributed by atoms with van der Waals surface area (Å²) in [5.41, 5.74) is 2.69. The summed E-state index contributed by atoms with van der Waals surface area (Å²) < 4.78 is 27.9. The van der Waals surface area contributed by atoms with E-state index < -0.39 is 16.0 Å². The van der Waals surface area contributed by atoms with Crippen molar-refractivity contribution in [2.75, 3.05) is 4.72 Å². The highest BCUT2D eigenvalue weighted by molar-refractivity contribution is 7.92. The van der Waals surface area contributed by atoms with Gasteiger partial charge in [0.2, 0.25) is 0 Å². The Labute approximate surface area is 162 Å². The van der Waals surface area contributed by atoms with Crippen LogP contribution in [0.2, 0.25) is 0 Å². The summed E-state index contributed by atoms with van der Waals surface area (Å²) >= 11 is 1.05. The highest BCUT2D eigenvalue weighted by atomic mass is 32.2. The van der Waals surface area contributed by atoms with Gasteiger partial charge < -0.3 is 5.11 Å². The number of rotatable bonds is 6. The molecule has 2 aromatic carbocycles. The van der Waals surface area contributed by atoms with Crippen molar-refractivity contribution in [1.29, 1.82) is 0 Å². The average molecular weight is 402 g/mol. The van der Waals surface area contributed by atoms with E-state index in [1.54, 1.807) is 31.2 Å². The molecule has 0 aliphatic heterocycles. The molecule has 0 unspecified atom stereocenters. The van der Waals surface area contributed by atoms with Gasteiger partial charge in [0.25, 0.3) is 10.0 Å². The molecule has 5 nitrogen and oxygen atoms in total. The van der Waals surface area contributed by atoms with Crippen LogP contribution in [0.4, 0.5) is 5.69 Å². The molecule has 3 aromatic rings. The third kappa shape index (κ3) is 4.04. The SMILES string of the molecule is CCc1ccc(-c2cc(NS(=O)(=O)c3ccccc3C)c(C(=O)O)s2)cc1. The minimum Gasteiger partial charge on any atom is -0.477 e. The molecule has 7 heteroatoms. The molecule has 0 saturated carbocycles. The van der Waals surface area contributed by atoms with Gasteiger partial charge in [-0.25, -0.2) is 13.2 Å². The van der Waals surface area contributed by atoms with E-state index in [2.05, 4.69) is 11.6 Å². The van der Waals surface area contributed by atoms with E-state index in [9.17, 15) is 18.3 Å². The monoisotopic (exact) mass is 401 g/mol. The molecule has 0 saturated heterocycles. The average Bonchev–Trinajstić information content (AvgIpc) is 3.05. The van der Waals surface area contributed by atoms with Gasteiger partial charge in [0.05, 0.1) is 10.6 Å². The van der Waals surface area contributed by atoms with Crippen molar-refractivity contribution < 1.29 is 18.3 Å². The molecule has 27 heavy (non-hydrogen) atoms. The molecule has 0 amide bonds. The van der Waals surface area contributed by atoms with Gasteiger partial charge in [-0.3, -0.25) is 4.72 Å². The van der Waals surface area contributed by atoms with E-state index >= 15 is 0 Å². The summed E-state index contributed by atoms with van der Waals surface area (Å²) in [6.45, 7) is 3.75. The topological polar surface area (TPSA) is 83.5 Å². The Balaban J connectivity index is 2.01. The van der Waals surface area contributed by atoms with E-state index in [-0.39, 0.29) is 15.5 Å². The van der Waals surface area contributed by atoms with Gasteiger partial charge in [0.15, 0.2) is 0 Å². The van der Waals surface area contributed by atoms with E-state index in [0.29, 0.717) is 10.4 Å². The Hall–Kier alpha value is -2.64. The van der Waals surface area contributed by atoms with Gasteiger partial charge in [0.1, 0.15) is 4.88 Å². The molecule has 3 rings (SSSR count). The molecule has 1 aromatic heterocycles. The molecule has 2 N–H and O–H groups in total. The van der Waals surface area contributed by atoms with Crippen LogP contribution in [0.25, 0.3) is 10.4 Å². The molecule has 0 aliphatic carbocycles. The highest BCUT2D eigenvalue weighted by Gasteiger charge is 2.23. The molecule has 0 aliphatic rings. The number of carboxylic acid groups (broad SMARTS) is 1. The summed E-state index contributed by atoms with van der Waals surface area (Å²) in [6, 6.07) is 15.9. The molecule has 0 bridgehead atoms. The normalized spacial score (nSPS) is 11.3. The number of aromatic carboxylic acids is 1. The molecule has 140 valence electrons. The maximum absolute atomic E-state index is 12.7. The first-order valence-corrected chi connectivity index (χ1v) is 10.7. The van der Waals surface area contributed by atoms with Gasteiger partial charge in [-0.15, -0.1) is 11.3 Å². The lowest BCUT2D eigenvalue weighted by Gasteiger charge is -2.09. The van der Waals surface area contributed by atoms with Crippen molar-refractivity contribution in [3.8, 4) is 10.4 Å². The zero-order valence-electron chi connectivity index (χ0n) is 14.9. The molecule has 0 fully saturated rings. The minimum atomic E-state index is -3.89. The number of carboxylic acids is 1. The van der Waals surface area contributed by atoms with Crippen molar-refractivity contribution in [2.45, 2.75) is 25.2 Å². The Kier molecular flexibility index (Phi) is 5.34. The fraction of sp³-hybridized carbons (Fsp3) is 0.150. The van der Waals surface area contributed by atoms with Crippen LogP contribution < -0.4 is 4.72 Å². The van der Waals surface area contributed by atoms with E-state index in [1.165, 1.54) is 11.6 Å². The predicted octanol–water partition coefficient (Wildman–Crippen LogP) is 4.78. The first-order valence-electron chi connectivity index (χ1n) is 8.36. The molecule has 1 heterocycles. The maximum Gasteiger partial charge on any atom is 0.348 e. The number of aryl methyl sites for hydroxylation is 2. The molecule has 0 radical (unpaired) electrons.